The summed E-state index contributed by atoms with van der Waals surface area (Å²) in [5.74, 6) is 0.309. The van der Waals surface area contributed by atoms with Crippen molar-refractivity contribution < 1.29 is 9.59 Å². The first-order chi connectivity index (χ1) is 8.10. The van der Waals surface area contributed by atoms with Gasteiger partial charge in [0.25, 0.3) is 0 Å². The number of imide groups is 1. The Balaban J connectivity index is 2.07. The van der Waals surface area contributed by atoms with Gasteiger partial charge in [0, 0.05) is 18.2 Å². The summed E-state index contributed by atoms with van der Waals surface area (Å²) in [5, 5.41) is 2.61. The number of hydrogen-bond acceptors (Lipinski definition) is 4. The van der Waals surface area contributed by atoms with E-state index in [0.29, 0.717) is 18.7 Å². The second-order valence-corrected chi connectivity index (χ2v) is 5.46. The minimum absolute atomic E-state index is 0.101. The Kier molecular flexibility index (Phi) is 3.79. The molecule has 0 aliphatic carbocycles. The molecule has 0 bridgehead atoms. The standard InChI is InChI=1S/C11H13ClN2O2S/c1-7-2-10(15)14(11(16)3-7)5-9-13-8(4-12)6-17-9/h6-7H,2-5H2,1H3. The van der Waals surface area contributed by atoms with Gasteiger partial charge in [-0.25, -0.2) is 4.98 Å². The third-order valence-corrected chi connectivity index (χ3v) is 3.83. The average Bonchev–Trinajstić information content (AvgIpc) is 2.71. The van der Waals surface area contributed by atoms with Crippen LogP contribution in [0.4, 0.5) is 0 Å². The number of likely N-dealkylation sites (tertiary alicyclic amines) is 1. The Bertz CT molecular complexity index is 428. The number of hydrogen-bond donors (Lipinski definition) is 0. The van der Waals surface area contributed by atoms with E-state index in [0.717, 1.165) is 10.7 Å². The van der Waals surface area contributed by atoms with Gasteiger partial charge in [-0.1, -0.05) is 6.92 Å². The summed E-state index contributed by atoms with van der Waals surface area (Å²) in [6.07, 6.45) is 0.888. The van der Waals surface area contributed by atoms with Crippen molar-refractivity contribution in [3.8, 4) is 0 Å². The van der Waals surface area contributed by atoms with Gasteiger partial charge >= 0.3 is 0 Å². The molecule has 6 heteroatoms. The number of piperidine rings is 1. The molecule has 0 atom stereocenters. The molecule has 1 aromatic heterocycles. The minimum Gasteiger partial charge on any atom is -0.276 e. The van der Waals surface area contributed by atoms with E-state index in [1.165, 1.54) is 16.2 Å². The van der Waals surface area contributed by atoms with Crippen LogP contribution in [-0.4, -0.2) is 21.7 Å². The first kappa shape index (κ1) is 12.5. The van der Waals surface area contributed by atoms with Gasteiger partial charge in [-0.05, 0) is 5.92 Å². The van der Waals surface area contributed by atoms with E-state index in [1.807, 2.05) is 12.3 Å². The second kappa shape index (κ2) is 5.14. The molecule has 4 nitrogen and oxygen atoms in total. The molecule has 17 heavy (non-hydrogen) atoms. The van der Waals surface area contributed by atoms with Gasteiger partial charge in [-0.15, -0.1) is 22.9 Å². The molecule has 2 heterocycles. The van der Waals surface area contributed by atoms with Crippen molar-refractivity contribution in [2.75, 3.05) is 0 Å². The molecule has 1 aliphatic rings. The third kappa shape index (κ3) is 2.84. The van der Waals surface area contributed by atoms with Crippen molar-refractivity contribution in [1.29, 1.82) is 0 Å². The smallest absolute Gasteiger partial charge is 0.229 e. The minimum atomic E-state index is -0.101. The van der Waals surface area contributed by atoms with E-state index in [9.17, 15) is 9.59 Å². The maximum Gasteiger partial charge on any atom is 0.229 e. The number of carbonyl (C=O) groups excluding carboxylic acids is 2. The largest absolute Gasteiger partial charge is 0.276 e. The van der Waals surface area contributed by atoms with Gasteiger partial charge in [0.2, 0.25) is 11.8 Å². The molecule has 0 N–H and O–H groups in total. The molecule has 0 aromatic carbocycles. The summed E-state index contributed by atoms with van der Waals surface area (Å²) in [4.78, 5) is 29.1. The number of rotatable bonds is 3. The van der Waals surface area contributed by atoms with E-state index in [2.05, 4.69) is 4.98 Å². The van der Waals surface area contributed by atoms with Crippen LogP contribution in [-0.2, 0) is 22.0 Å². The lowest BCUT2D eigenvalue weighted by Crippen LogP contribution is -2.42. The molecule has 1 saturated heterocycles. The summed E-state index contributed by atoms with van der Waals surface area (Å²) in [6.45, 7) is 2.20. The van der Waals surface area contributed by atoms with Crippen molar-refractivity contribution in [2.45, 2.75) is 32.2 Å². The van der Waals surface area contributed by atoms with E-state index in [4.69, 9.17) is 11.6 Å². The predicted octanol–water partition coefficient (Wildman–Crippen LogP) is 2.17. The highest BCUT2D eigenvalue weighted by molar-refractivity contribution is 7.09. The molecule has 0 unspecified atom stereocenters. The molecule has 0 radical (unpaired) electrons. The molecule has 2 amide bonds. The van der Waals surface area contributed by atoms with Crippen LogP contribution >= 0.6 is 22.9 Å². The van der Waals surface area contributed by atoms with Crippen molar-refractivity contribution in [3.63, 3.8) is 0 Å². The average molecular weight is 273 g/mol. The summed E-state index contributed by atoms with van der Waals surface area (Å²) in [6, 6.07) is 0. The van der Waals surface area contributed by atoms with Crippen LogP contribution in [0.15, 0.2) is 5.38 Å². The molecule has 1 aromatic rings. The van der Waals surface area contributed by atoms with Crippen molar-refractivity contribution in [3.05, 3.63) is 16.1 Å². The van der Waals surface area contributed by atoms with E-state index in [1.54, 1.807) is 0 Å². The molecule has 1 aliphatic heterocycles. The summed E-state index contributed by atoms with van der Waals surface area (Å²) >= 11 is 7.09. The predicted molar refractivity (Wildman–Crippen MR) is 65.6 cm³/mol. The zero-order valence-corrected chi connectivity index (χ0v) is 11.1. The number of amides is 2. The fourth-order valence-electron chi connectivity index (χ4n) is 1.82. The van der Waals surface area contributed by atoms with Crippen LogP contribution in [0.25, 0.3) is 0 Å². The fraction of sp³-hybridized carbons (Fsp3) is 0.545. The highest BCUT2D eigenvalue weighted by atomic mass is 35.5. The van der Waals surface area contributed by atoms with Crippen LogP contribution in [0.5, 0.6) is 0 Å². The van der Waals surface area contributed by atoms with E-state index < -0.39 is 0 Å². The molecular weight excluding hydrogens is 260 g/mol. The molecule has 2 rings (SSSR count). The first-order valence-corrected chi connectivity index (χ1v) is 6.84. The number of aromatic nitrogens is 1. The Hall–Kier alpha value is -0.940. The monoisotopic (exact) mass is 272 g/mol. The van der Waals surface area contributed by atoms with Gasteiger partial charge in [-0.3, -0.25) is 14.5 Å². The maximum absolute atomic E-state index is 11.8. The molecule has 92 valence electrons. The number of thiazole rings is 1. The second-order valence-electron chi connectivity index (χ2n) is 4.25. The van der Waals surface area contributed by atoms with Crippen molar-refractivity contribution in [1.82, 2.24) is 9.88 Å². The lowest BCUT2D eigenvalue weighted by molar-refractivity contribution is -0.150. The first-order valence-electron chi connectivity index (χ1n) is 5.42. The Labute approximate surface area is 109 Å². The van der Waals surface area contributed by atoms with Crippen LogP contribution in [0.1, 0.15) is 30.5 Å². The Morgan fingerprint density at radius 1 is 1.47 bits per heavy atom. The number of halogens is 1. The normalized spacial score (nSPS) is 17.9. The fourth-order valence-corrected chi connectivity index (χ4v) is 2.83. The number of nitrogens with zero attached hydrogens (tertiary/aromatic N) is 2. The van der Waals surface area contributed by atoms with Gasteiger partial charge < -0.3 is 0 Å². The lowest BCUT2D eigenvalue weighted by Gasteiger charge is -2.27. The zero-order valence-electron chi connectivity index (χ0n) is 9.48. The van der Waals surface area contributed by atoms with E-state index in [-0.39, 0.29) is 24.3 Å². The lowest BCUT2D eigenvalue weighted by atomic mass is 9.98. The summed E-state index contributed by atoms with van der Waals surface area (Å²) < 4.78 is 0. The zero-order chi connectivity index (χ0) is 12.4. The third-order valence-electron chi connectivity index (χ3n) is 2.68. The van der Waals surface area contributed by atoms with Crippen molar-refractivity contribution in [2.24, 2.45) is 5.92 Å². The molecule has 1 fully saturated rings. The van der Waals surface area contributed by atoms with Gasteiger partial charge in [-0.2, -0.15) is 0 Å². The topological polar surface area (TPSA) is 50.3 Å². The number of carbonyl (C=O) groups is 2. The van der Waals surface area contributed by atoms with Gasteiger partial charge in [0.1, 0.15) is 5.01 Å². The quantitative estimate of drug-likeness (QED) is 0.626. The Morgan fingerprint density at radius 2 is 2.12 bits per heavy atom. The molecular formula is C11H13ClN2O2S. The Morgan fingerprint density at radius 3 is 2.65 bits per heavy atom. The maximum atomic E-state index is 11.8. The highest BCUT2D eigenvalue weighted by Crippen LogP contribution is 2.22. The van der Waals surface area contributed by atoms with Gasteiger partial charge in [0.05, 0.1) is 18.1 Å². The van der Waals surface area contributed by atoms with Crippen LogP contribution in [0.2, 0.25) is 0 Å². The SMILES string of the molecule is CC1CC(=O)N(Cc2nc(CCl)cs2)C(=O)C1. The van der Waals surface area contributed by atoms with Crippen LogP contribution < -0.4 is 0 Å². The summed E-state index contributed by atoms with van der Waals surface area (Å²) in [5.41, 5.74) is 0.789. The molecule has 0 spiro atoms. The van der Waals surface area contributed by atoms with Crippen molar-refractivity contribution >= 4 is 34.8 Å². The molecule has 0 saturated carbocycles. The van der Waals surface area contributed by atoms with E-state index >= 15 is 0 Å². The van der Waals surface area contributed by atoms with Crippen LogP contribution in [0.3, 0.4) is 0 Å². The van der Waals surface area contributed by atoms with Crippen LogP contribution in [0, 0.1) is 5.92 Å². The number of alkyl halides is 1. The van der Waals surface area contributed by atoms with Gasteiger partial charge in [0.15, 0.2) is 0 Å². The summed E-state index contributed by atoms with van der Waals surface area (Å²) in [7, 11) is 0. The highest BCUT2D eigenvalue weighted by Gasteiger charge is 2.30.